The lowest BCUT2D eigenvalue weighted by Crippen LogP contribution is -3.00. The van der Waals surface area contributed by atoms with Crippen LogP contribution in [-0.4, -0.2) is 41.7 Å². The van der Waals surface area contributed by atoms with Crippen LogP contribution in [0.5, 0.6) is 0 Å². The molecule has 3 nitrogen and oxygen atoms in total. The summed E-state index contributed by atoms with van der Waals surface area (Å²) < 4.78 is 1.27. The zero-order valence-electron chi connectivity index (χ0n) is 30.1. The van der Waals surface area contributed by atoms with E-state index >= 15 is 0 Å². The number of carboxylic acids is 1. The number of halogens is 1. The highest BCUT2D eigenvalue weighted by molar-refractivity contribution is 5.69. The Morgan fingerprint density at radius 3 is 1.00 bits per heavy atom. The van der Waals surface area contributed by atoms with Crippen LogP contribution in [0.2, 0.25) is 0 Å². The summed E-state index contributed by atoms with van der Waals surface area (Å²) in [6.45, 7) is 14.4. The van der Waals surface area contributed by atoms with Gasteiger partial charge in [0, 0.05) is 0 Å². The van der Waals surface area contributed by atoms with Gasteiger partial charge < -0.3 is 26.6 Å². The molecule has 43 heavy (non-hydrogen) atoms. The fourth-order valence-electron chi connectivity index (χ4n) is 6.94. The first-order valence-electron chi connectivity index (χ1n) is 19.6. The summed E-state index contributed by atoms with van der Waals surface area (Å²) in [6, 6.07) is 0. The van der Waals surface area contributed by atoms with Crippen LogP contribution in [0.3, 0.4) is 0 Å². The van der Waals surface area contributed by atoms with Crippen molar-refractivity contribution >= 4 is 5.97 Å². The molecule has 1 atom stereocenters. The van der Waals surface area contributed by atoms with Crippen LogP contribution < -0.4 is 17.0 Å². The van der Waals surface area contributed by atoms with Crippen LogP contribution in [0.15, 0.2) is 0 Å². The molecule has 0 rings (SSSR count). The van der Waals surface area contributed by atoms with Gasteiger partial charge in [-0.25, -0.2) is 0 Å². The van der Waals surface area contributed by atoms with E-state index in [0.717, 1.165) is 25.7 Å². The molecule has 0 aliphatic rings. The average molecular weight is 675 g/mol. The number of hydrogen-bond donors (Lipinski definition) is 1. The molecule has 0 bridgehead atoms. The largest absolute Gasteiger partial charge is 1.00 e. The predicted molar refractivity (Wildman–Crippen MR) is 187 cm³/mol. The molecule has 0 saturated heterocycles. The Hall–Kier alpha value is -0.0900. The van der Waals surface area contributed by atoms with E-state index in [4.69, 9.17) is 0 Å². The van der Waals surface area contributed by atoms with Crippen LogP contribution >= 0.6 is 0 Å². The number of quaternary nitrogens is 1. The van der Waals surface area contributed by atoms with E-state index in [9.17, 15) is 9.90 Å². The maximum Gasteiger partial charge on any atom is 0.306 e. The zero-order chi connectivity index (χ0) is 31.0. The molecule has 0 spiro atoms. The Labute approximate surface area is 282 Å². The first kappa shape index (κ1) is 45.0. The smallest absolute Gasteiger partial charge is 0.306 e. The molecule has 0 saturated carbocycles. The van der Waals surface area contributed by atoms with Crippen molar-refractivity contribution in [3.8, 4) is 0 Å². The summed E-state index contributed by atoms with van der Waals surface area (Å²) in [5.41, 5.74) is 0. The van der Waals surface area contributed by atoms with Crippen LogP contribution in [0.4, 0.5) is 0 Å². The SMILES string of the molecule is CCCCCCCCCCCCCCCCC(CCC[N+](CCCCCC)(CCCCCC)CCCCCC)C(=O)O.[Br-]. The normalized spacial score (nSPS) is 12.4. The van der Waals surface area contributed by atoms with Crippen LogP contribution in [0, 0.1) is 5.92 Å². The van der Waals surface area contributed by atoms with E-state index in [1.807, 2.05) is 0 Å². The topological polar surface area (TPSA) is 37.3 Å². The highest BCUT2D eigenvalue weighted by Crippen LogP contribution is 2.23. The fourth-order valence-corrected chi connectivity index (χ4v) is 6.94. The fraction of sp³-hybridized carbons (Fsp3) is 0.974. The average Bonchev–Trinajstić information content (AvgIpc) is 2.98. The van der Waals surface area contributed by atoms with E-state index in [-0.39, 0.29) is 22.9 Å². The van der Waals surface area contributed by atoms with Gasteiger partial charge in [-0.15, -0.1) is 0 Å². The molecule has 1 unspecified atom stereocenters. The number of aliphatic carboxylic acids is 1. The molecule has 0 heterocycles. The lowest BCUT2D eigenvalue weighted by Gasteiger charge is -2.40. The number of nitrogens with zero attached hydrogens (tertiary/aromatic N) is 1. The Kier molecular flexibility index (Phi) is 36.4. The maximum atomic E-state index is 12.1. The summed E-state index contributed by atoms with van der Waals surface area (Å²) in [5.74, 6) is -0.680. The van der Waals surface area contributed by atoms with Gasteiger partial charge in [-0.2, -0.15) is 0 Å². The molecule has 0 aromatic rings. The third-order valence-corrected chi connectivity index (χ3v) is 9.90. The lowest BCUT2D eigenvalue weighted by atomic mass is 9.95. The molecule has 0 aliphatic heterocycles. The zero-order valence-corrected chi connectivity index (χ0v) is 31.7. The van der Waals surface area contributed by atoms with Crippen LogP contribution in [0.1, 0.15) is 214 Å². The predicted octanol–water partition coefficient (Wildman–Crippen LogP) is 9.90. The minimum Gasteiger partial charge on any atom is -1.00 e. The minimum absolute atomic E-state index is 0. The van der Waals surface area contributed by atoms with Crippen molar-refractivity contribution in [1.82, 2.24) is 0 Å². The number of unbranched alkanes of at least 4 members (excludes halogenated alkanes) is 22. The second-order valence-corrected chi connectivity index (χ2v) is 14.0. The number of carboxylic acid groups (broad SMARTS) is 1. The van der Waals surface area contributed by atoms with Crippen molar-refractivity contribution < 1.29 is 31.4 Å². The Morgan fingerprint density at radius 1 is 0.419 bits per heavy atom. The molecule has 0 aromatic heterocycles. The van der Waals surface area contributed by atoms with Gasteiger partial charge in [-0.3, -0.25) is 4.79 Å². The van der Waals surface area contributed by atoms with Gasteiger partial charge in [0.25, 0.3) is 0 Å². The molecular weight excluding hydrogens is 594 g/mol. The molecule has 1 N–H and O–H groups in total. The maximum absolute atomic E-state index is 12.1. The van der Waals surface area contributed by atoms with Crippen LogP contribution in [0.25, 0.3) is 0 Å². The Bertz CT molecular complexity index is 524. The van der Waals surface area contributed by atoms with Crippen molar-refractivity contribution in [1.29, 1.82) is 0 Å². The molecule has 0 radical (unpaired) electrons. The number of hydrogen-bond acceptors (Lipinski definition) is 1. The number of rotatable bonds is 35. The van der Waals surface area contributed by atoms with Gasteiger partial charge in [0.05, 0.1) is 32.1 Å². The quantitative estimate of drug-likeness (QED) is 0.0537. The summed E-state index contributed by atoms with van der Waals surface area (Å²) in [5, 5.41) is 10.0. The first-order chi connectivity index (χ1) is 20.5. The van der Waals surface area contributed by atoms with Crippen molar-refractivity contribution in [2.24, 2.45) is 5.92 Å². The molecule has 0 aromatic carbocycles. The summed E-state index contributed by atoms with van der Waals surface area (Å²) in [6.07, 6.45) is 37.9. The lowest BCUT2D eigenvalue weighted by molar-refractivity contribution is -0.929. The first-order valence-corrected chi connectivity index (χ1v) is 19.6. The van der Waals surface area contributed by atoms with Gasteiger partial charge in [-0.05, 0) is 57.8 Å². The molecular formula is C39H80BrNO2. The second kappa shape index (κ2) is 34.8. The van der Waals surface area contributed by atoms with E-state index in [1.54, 1.807) is 0 Å². The van der Waals surface area contributed by atoms with Gasteiger partial charge in [0.2, 0.25) is 0 Å². The van der Waals surface area contributed by atoms with Crippen molar-refractivity contribution in [3.63, 3.8) is 0 Å². The van der Waals surface area contributed by atoms with Gasteiger partial charge in [-0.1, -0.05) is 156 Å². The van der Waals surface area contributed by atoms with Gasteiger partial charge >= 0.3 is 5.97 Å². The minimum atomic E-state index is -0.545. The van der Waals surface area contributed by atoms with Crippen LogP contribution in [-0.2, 0) is 4.79 Å². The Morgan fingerprint density at radius 2 is 0.674 bits per heavy atom. The third-order valence-electron chi connectivity index (χ3n) is 9.90. The monoisotopic (exact) mass is 674 g/mol. The molecule has 0 amide bonds. The summed E-state index contributed by atoms with van der Waals surface area (Å²) >= 11 is 0. The second-order valence-electron chi connectivity index (χ2n) is 14.0. The van der Waals surface area contributed by atoms with Gasteiger partial charge in [0.1, 0.15) is 0 Å². The summed E-state index contributed by atoms with van der Waals surface area (Å²) in [4.78, 5) is 12.1. The molecule has 260 valence electrons. The molecule has 0 fully saturated rings. The Balaban J connectivity index is 0. The highest BCUT2D eigenvalue weighted by atomic mass is 79.9. The van der Waals surface area contributed by atoms with Crippen molar-refractivity contribution in [2.75, 3.05) is 26.2 Å². The third kappa shape index (κ3) is 29.1. The van der Waals surface area contributed by atoms with E-state index < -0.39 is 5.97 Å². The van der Waals surface area contributed by atoms with E-state index in [1.165, 1.54) is 191 Å². The number of carbonyl (C=O) groups is 1. The summed E-state index contributed by atoms with van der Waals surface area (Å²) in [7, 11) is 0. The molecule has 4 heteroatoms. The van der Waals surface area contributed by atoms with E-state index in [2.05, 4.69) is 27.7 Å². The molecule has 0 aliphatic carbocycles. The van der Waals surface area contributed by atoms with Crippen molar-refractivity contribution in [2.45, 2.75) is 214 Å². The van der Waals surface area contributed by atoms with E-state index in [0.29, 0.717) is 0 Å². The van der Waals surface area contributed by atoms with Crippen molar-refractivity contribution in [3.05, 3.63) is 0 Å². The highest BCUT2D eigenvalue weighted by Gasteiger charge is 2.27. The standard InChI is InChI=1S/C39H79NO2.BrH/c1-5-9-13-17-18-19-20-21-22-23-24-25-26-27-32-38(39(41)42)33-31-37-40(34-28-14-10-6-2,35-29-15-11-7-3)36-30-16-12-8-4;/h38H,5-37H2,1-4H3;1H. The van der Waals surface area contributed by atoms with Gasteiger partial charge in [0.15, 0.2) is 0 Å².